The third-order valence-electron chi connectivity index (χ3n) is 6.43. The molecule has 1 rings (SSSR count). The molecule has 0 saturated heterocycles. The minimum Gasteiger partial charge on any atom is -0.151 e. The Hall–Kier alpha value is 0.560. The van der Waals surface area contributed by atoms with E-state index in [9.17, 15) is 0 Å². The summed E-state index contributed by atoms with van der Waals surface area (Å²) in [5.41, 5.74) is 0. The van der Waals surface area contributed by atoms with Crippen molar-refractivity contribution in [1.29, 1.82) is 0 Å². The van der Waals surface area contributed by atoms with E-state index in [1.54, 1.807) is 0 Å². The Bertz CT molecular complexity index is 432. The van der Waals surface area contributed by atoms with Crippen LogP contribution in [-0.4, -0.2) is 24.6 Å². The van der Waals surface area contributed by atoms with Crippen LogP contribution in [0.5, 0.6) is 0 Å². The minimum atomic E-state index is 0.0780. The zero-order valence-electron chi connectivity index (χ0n) is 21.6. The van der Waals surface area contributed by atoms with Crippen molar-refractivity contribution in [2.24, 2.45) is 0 Å². The van der Waals surface area contributed by atoms with Gasteiger partial charge in [0.2, 0.25) is 0 Å². The first-order valence-electron chi connectivity index (χ1n) is 13.8. The molecular formula is C28H54P2S. The van der Waals surface area contributed by atoms with Gasteiger partial charge in [-0.2, -0.15) is 11.3 Å². The molecular weight excluding hydrogens is 430 g/mol. The van der Waals surface area contributed by atoms with E-state index in [4.69, 9.17) is 0 Å². The van der Waals surface area contributed by atoms with Crippen molar-refractivity contribution in [3.8, 4) is 0 Å². The summed E-state index contributed by atoms with van der Waals surface area (Å²) >= 11 is 2.03. The summed E-state index contributed by atoms with van der Waals surface area (Å²) in [5.74, 6) is 0. The Morgan fingerprint density at radius 1 is 0.452 bits per heavy atom. The van der Waals surface area contributed by atoms with Crippen molar-refractivity contribution in [3.05, 3.63) is 10.8 Å². The lowest BCUT2D eigenvalue weighted by atomic mass is 10.2. The molecule has 0 spiro atoms. The lowest BCUT2D eigenvalue weighted by Gasteiger charge is -2.24. The number of unbranched alkanes of at least 4 members (excludes halogenated alkanes) is 12. The van der Waals surface area contributed by atoms with E-state index in [-0.39, 0.29) is 15.8 Å². The van der Waals surface area contributed by atoms with Gasteiger partial charge in [-0.1, -0.05) is 121 Å². The summed E-state index contributed by atoms with van der Waals surface area (Å²) < 4.78 is 0. The number of rotatable bonds is 22. The second kappa shape index (κ2) is 21.1. The molecule has 0 amide bonds. The highest BCUT2D eigenvalue weighted by Gasteiger charge is 2.21. The van der Waals surface area contributed by atoms with Crippen LogP contribution in [-0.2, 0) is 0 Å². The topological polar surface area (TPSA) is 0 Å². The van der Waals surface area contributed by atoms with E-state index in [1.165, 1.54) is 127 Å². The highest BCUT2D eigenvalue weighted by atomic mass is 32.1. The van der Waals surface area contributed by atoms with Crippen LogP contribution in [0.4, 0.5) is 0 Å². The number of hydrogen-bond acceptors (Lipinski definition) is 1. The zero-order chi connectivity index (χ0) is 22.6. The van der Waals surface area contributed by atoms with E-state index in [0.29, 0.717) is 0 Å². The average molecular weight is 485 g/mol. The summed E-state index contributed by atoms with van der Waals surface area (Å²) in [6.45, 7) is 9.37. The molecule has 0 nitrogen and oxygen atoms in total. The fourth-order valence-electron chi connectivity index (χ4n) is 4.38. The normalized spacial score (nSPS) is 11.8. The predicted molar refractivity (Wildman–Crippen MR) is 153 cm³/mol. The molecule has 31 heavy (non-hydrogen) atoms. The van der Waals surface area contributed by atoms with Gasteiger partial charge in [0.1, 0.15) is 0 Å². The summed E-state index contributed by atoms with van der Waals surface area (Å²) in [7, 11) is 0.156. The Labute approximate surface area is 203 Å². The van der Waals surface area contributed by atoms with Crippen molar-refractivity contribution in [1.82, 2.24) is 0 Å². The molecule has 0 unspecified atom stereocenters. The summed E-state index contributed by atoms with van der Waals surface area (Å²) in [6.07, 6.45) is 28.8. The average Bonchev–Trinajstić information content (AvgIpc) is 3.26. The quantitative estimate of drug-likeness (QED) is 0.113. The molecule has 0 atom stereocenters. The largest absolute Gasteiger partial charge is 0.151 e. The van der Waals surface area contributed by atoms with Crippen LogP contribution in [0, 0.1) is 0 Å². The highest BCUT2D eigenvalue weighted by Crippen LogP contribution is 2.44. The molecule has 182 valence electrons. The van der Waals surface area contributed by atoms with Gasteiger partial charge in [0.15, 0.2) is 0 Å². The summed E-state index contributed by atoms with van der Waals surface area (Å²) in [5, 5.41) is 8.94. The molecule has 1 heterocycles. The molecule has 0 N–H and O–H groups in total. The minimum absolute atomic E-state index is 0.0780. The van der Waals surface area contributed by atoms with Gasteiger partial charge < -0.3 is 0 Å². The van der Waals surface area contributed by atoms with Gasteiger partial charge in [-0.15, -0.1) is 0 Å². The fourth-order valence-corrected chi connectivity index (χ4v) is 12.1. The first-order chi connectivity index (χ1) is 15.3. The molecule has 0 aliphatic heterocycles. The molecule has 0 fully saturated rings. The zero-order valence-corrected chi connectivity index (χ0v) is 24.2. The van der Waals surface area contributed by atoms with Crippen LogP contribution in [0.3, 0.4) is 0 Å². The second-order valence-electron chi connectivity index (χ2n) is 9.36. The monoisotopic (exact) mass is 484 g/mol. The van der Waals surface area contributed by atoms with Gasteiger partial charge in [0.05, 0.1) is 0 Å². The van der Waals surface area contributed by atoms with Crippen LogP contribution in [0.1, 0.15) is 130 Å². The SMILES string of the molecule is CCCCCCP(CCCCCC)c1cscc1P(CCCCCC)CCCCCC. The molecule has 0 aromatic carbocycles. The molecule has 0 saturated carbocycles. The maximum atomic E-state index is 2.61. The lowest BCUT2D eigenvalue weighted by Crippen LogP contribution is -2.22. The van der Waals surface area contributed by atoms with Gasteiger partial charge in [-0.3, -0.25) is 0 Å². The first kappa shape index (κ1) is 29.6. The van der Waals surface area contributed by atoms with Crippen LogP contribution in [0.25, 0.3) is 0 Å². The Morgan fingerprint density at radius 3 is 1.00 bits per heavy atom. The molecule has 0 aliphatic carbocycles. The molecule has 0 radical (unpaired) electrons. The van der Waals surface area contributed by atoms with Crippen molar-refractivity contribution in [3.63, 3.8) is 0 Å². The van der Waals surface area contributed by atoms with Crippen LogP contribution in [0.15, 0.2) is 10.8 Å². The summed E-state index contributed by atoms with van der Waals surface area (Å²) in [6, 6.07) is 0. The molecule has 3 heteroatoms. The third-order valence-corrected chi connectivity index (χ3v) is 13.2. The van der Waals surface area contributed by atoms with E-state index in [2.05, 4.69) is 38.5 Å². The van der Waals surface area contributed by atoms with Crippen LogP contribution in [0.2, 0.25) is 0 Å². The molecule has 1 aromatic rings. The van der Waals surface area contributed by atoms with Gasteiger partial charge in [0.25, 0.3) is 0 Å². The lowest BCUT2D eigenvalue weighted by molar-refractivity contribution is 0.696. The predicted octanol–water partition coefficient (Wildman–Crippen LogP) is 10.3. The highest BCUT2D eigenvalue weighted by molar-refractivity contribution is 7.72. The fraction of sp³-hybridized carbons (Fsp3) is 0.857. The van der Waals surface area contributed by atoms with Crippen LogP contribution >= 0.6 is 27.2 Å². The maximum Gasteiger partial charge on any atom is -0.000966 e. The standard InChI is InChI=1S/C28H54P2S/c1-5-9-13-17-21-29(22-18-14-10-6-2)27-25-31-26-28(27)30(23-19-15-11-7-3)24-20-16-12-8-4/h25-26H,5-24H2,1-4H3. The van der Waals surface area contributed by atoms with Crippen molar-refractivity contribution in [2.45, 2.75) is 130 Å². The van der Waals surface area contributed by atoms with Gasteiger partial charge >= 0.3 is 0 Å². The first-order valence-corrected chi connectivity index (χ1v) is 18.2. The molecule has 0 aliphatic rings. The smallest absolute Gasteiger partial charge is 0.000966 e. The Morgan fingerprint density at radius 2 is 0.742 bits per heavy atom. The number of hydrogen-bond donors (Lipinski definition) is 0. The second-order valence-corrected chi connectivity index (χ2v) is 15.0. The molecule has 0 bridgehead atoms. The molecule has 1 aromatic heterocycles. The van der Waals surface area contributed by atoms with E-state index < -0.39 is 0 Å². The van der Waals surface area contributed by atoms with Gasteiger partial charge in [-0.05, 0) is 71.7 Å². The van der Waals surface area contributed by atoms with Crippen molar-refractivity contribution in [2.75, 3.05) is 24.6 Å². The Kier molecular flexibility index (Phi) is 20.2. The Balaban J connectivity index is 2.84. The maximum absolute atomic E-state index is 2.61. The third kappa shape index (κ3) is 13.8. The van der Waals surface area contributed by atoms with Gasteiger partial charge in [0, 0.05) is 0 Å². The van der Waals surface area contributed by atoms with Crippen molar-refractivity contribution < 1.29 is 0 Å². The van der Waals surface area contributed by atoms with E-state index in [1.807, 2.05) is 21.9 Å². The van der Waals surface area contributed by atoms with Gasteiger partial charge in [-0.25, -0.2) is 0 Å². The van der Waals surface area contributed by atoms with E-state index in [0.717, 1.165) is 0 Å². The van der Waals surface area contributed by atoms with Crippen LogP contribution < -0.4 is 10.6 Å². The summed E-state index contributed by atoms with van der Waals surface area (Å²) in [4.78, 5) is 0. The van der Waals surface area contributed by atoms with E-state index >= 15 is 0 Å². The van der Waals surface area contributed by atoms with Crippen molar-refractivity contribution >= 4 is 37.8 Å². The number of thiophene rings is 1.